The Labute approximate surface area is 224 Å². The molecular formula is C25H40BrCl2F3N2O. The van der Waals surface area contributed by atoms with Gasteiger partial charge in [-0.25, -0.2) is 0 Å². The molecule has 0 N–H and O–H groups in total. The van der Waals surface area contributed by atoms with Crippen LogP contribution in [0.15, 0.2) is 22.7 Å². The Kier molecular flexibility index (Phi) is 14.2. The van der Waals surface area contributed by atoms with Gasteiger partial charge in [0.05, 0.1) is 13.7 Å². The Morgan fingerprint density at radius 3 is 2.24 bits per heavy atom. The van der Waals surface area contributed by atoms with E-state index in [1.165, 1.54) is 24.8 Å². The molecule has 3 rings (SSSR count). The summed E-state index contributed by atoms with van der Waals surface area (Å²) in [4.78, 5) is 4.22. The van der Waals surface area contributed by atoms with Gasteiger partial charge in [-0.15, -0.1) is 24.8 Å². The lowest BCUT2D eigenvalue weighted by atomic mass is 9.83. The summed E-state index contributed by atoms with van der Waals surface area (Å²) < 4.78 is 44.9. The molecule has 0 unspecified atom stereocenters. The van der Waals surface area contributed by atoms with Crippen LogP contribution in [0.2, 0.25) is 0 Å². The van der Waals surface area contributed by atoms with Crippen LogP contribution in [0.25, 0.3) is 0 Å². The van der Waals surface area contributed by atoms with E-state index in [1.54, 1.807) is 12.0 Å². The zero-order valence-corrected chi connectivity index (χ0v) is 23.5. The van der Waals surface area contributed by atoms with Crippen LogP contribution in [0.1, 0.15) is 57.4 Å². The molecule has 2 fully saturated rings. The van der Waals surface area contributed by atoms with Gasteiger partial charge in [-0.1, -0.05) is 22.9 Å². The summed E-state index contributed by atoms with van der Waals surface area (Å²) in [6.45, 7) is 4.99. The van der Waals surface area contributed by atoms with Crippen molar-refractivity contribution in [3.8, 4) is 5.75 Å². The minimum atomic E-state index is -4.10. The molecule has 1 saturated carbocycles. The first kappa shape index (κ1) is 31.8. The summed E-state index contributed by atoms with van der Waals surface area (Å²) in [6.07, 6.45) is 4.57. The smallest absolute Gasteiger partial charge is 0.401 e. The fourth-order valence-electron chi connectivity index (χ4n) is 5.45. The fraction of sp³-hybridized carbons (Fsp3) is 0.760. The van der Waals surface area contributed by atoms with Gasteiger partial charge in [-0.2, -0.15) is 13.2 Å². The molecule has 0 amide bonds. The Bertz CT molecular complexity index is 710. The van der Waals surface area contributed by atoms with E-state index in [9.17, 15) is 13.2 Å². The molecule has 1 aromatic rings. The van der Waals surface area contributed by atoms with Gasteiger partial charge >= 0.3 is 6.18 Å². The SMILES string of the molecule is CCN(CC(F)(F)F)C1CCC(CCN2CCC(Cc3cc(OC)ccc3Br)CC2)CC1.Cl.Cl. The first-order valence-corrected chi connectivity index (χ1v) is 12.9. The molecule has 0 aromatic heterocycles. The lowest BCUT2D eigenvalue weighted by molar-refractivity contribution is -0.152. The summed E-state index contributed by atoms with van der Waals surface area (Å²) in [6, 6.07) is 6.30. The average molecular weight is 592 g/mol. The van der Waals surface area contributed by atoms with Crippen molar-refractivity contribution in [2.45, 2.75) is 70.5 Å². The van der Waals surface area contributed by atoms with Crippen LogP contribution < -0.4 is 4.74 Å². The van der Waals surface area contributed by atoms with Crippen LogP contribution in [-0.2, 0) is 6.42 Å². The molecule has 0 spiro atoms. The predicted octanol–water partition coefficient (Wildman–Crippen LogP) is 7.39. The highest BCUT2D eigenvalue weighted by Crippen LogP contribution is 2.32. The number of nitrogens with zero attached hydrogens (tertiary/aromatic N) is 2. The third-order valence-electron chi connectivity index (χ3n) is 7.44. The van der Waals surface area contributed by atoms with E-state index in [4.69, 9.17) is 4.74 Å². The van der Waals surface area contributed by atoms with Crippen LogP contribution in [-0.4, -0.2) is 61.9 Å². The number of hydrogen-bond donors (Lipinski definition) is 0. The van der Waals surface area contributed by atoms with Gasteiger partial charge in [-0.3, -0.25) is 4.90 Å². The third-order valence-corrected chi connectivity index (χ3v) is 8.22. The largest absolute Gasteiger partial charge is 0.497 e. The van der Waals surface area contributed by atoms with E-state index in [0.29, 0.717) is 18.4 Å². The van der Waals surface area contributed by atoms with Crippen LogP contribution in [0, 0.1) is 11.8 Å². The number of hydrogen-bond acceptors (Lipinski definition) is 3. The molecule has 0 radical (unpaired) electrons. The molecule has 0 atom stereocenters. The molecule has 1 aromatic carbocycles. The lowest BCUT2D eigenvalue weighted by Crippen LogP contribution is -2.43. The zero-order valence-electron chi connectivity index (χ0n) is 20.3. The van der Waals surface area contributed by atoms with Gasteiger partial charge < -0.3 is 9.64 Å². The molecule has 1 heterocycles. The second-order valence-electron chi connectivity index (χ2n) is 9.59. The number of methoxy groups -OCH3 is 1. The second kappa shape index (κ2) is 15.1. The minimum Gasteiger partial charge on any atom is -0.497 e. The van der Waals surface area contributed by atoms with E-state index >= 15 is 0 Å². The van der Waals surface area contributed by atoms with Gasteiger partial charge in [0.2, 0.25) is 0 Å². The molecule has 1 aliphatic carbocycles. The van der Waals surface area contributed by atoms with Gasteiger partial charge in [0.15, 0.2) is 0 Å². The zero-order chi connectivity index (χ0) is 23.1. The fourth-order valence-corrected chi connectivity index (χ4v) is 5.86. The van der Waals surface area contributed by atoms with Crippen molar-refractivity contribution < 1.29 is 17.9 Å². The van der Waals surface area contributed by atoms with E-state index in [-0.39, 0.29) is 30.9 Å². The molecule has 1 aliphatic heterocycles. The number of halogens is 6. The summed E-state index contributed by atoms with van der Waals surface area (Å²) in [5.41, 5.74) is 1.33. The van der Waals surface area contributed by atoms with E-state index < -0.39 is 12.7 Å². The summed E-state index contributed by atoms with van der Waals surface area (Å²) in [5, 5.41) is 0. The van der Waals surface area contributed by atoms with E-state index in [1.807, 2.05) is 13.0 Å². The maximum Gasteiger partial charge on any atom is 0.401 e. The number of benzene rings is 1. The predicted molar refractivity (Wildman–Crippen MR) is 142 cm³/mol. The van der Waals surface area contributed by atoms with Crippen molar-refractivity contribution in [3.05, 3.63) is 28.2 Å². The number of ether oxygens (including phenoxy) is 1. The first-order valence-electron chi connectivity index (χ1n) is 12.1. The third kappa shape index (κ3) is 10.0. The normalized spacial score (nSPS) is 22.2. The minimum absolute atomic E-state index is 0. The van der Waals surface area contributed by atoms with Gasteiger partial charge in [0, 0.05) is 10.5 Å². The molecular weight excluding hydrogens is 552 g/mol. The Morgan fingerprint density at radius 2 is 1.68 bits per heavy atom. The van der Waals surface area contributed by atoms with Gasteiger partial charge in [0.25, 0.3) is 0 Å². The molecule has 198 valence electrons. The highest BCUT2D eigenvalue weighted by atomic mass is 79.9. The van der Waals surface area contributed by atoms with Crippen molar-refractivity contribution in [1.82, 2.24) is 9.80 Å². The lowest BCUT2D eigenvalue weighted by Gasteiger charge is -2.38. The Balaban J connectivity index is 0.00000289. The highest BCUT2D eigenvalue weighted by molar-refractivity contribution is 9.10. The van der Waals surface area contributed by atoms with Crippen molar-refractivity contribution >= 4 is 40.7 Å². The topological polar surface area (TPSA) is 15.7 Å². The Hall–Kier alpha value is -0.210. The molecule has 9 heteroatoms. The van der Waals surface area contributed by atoms with E-state index in [2.05, 4.69) is 33.0 Å². The molecule has 1 saturated heterocycles. The first-order chi connectivity index (χ1) is 15.3. The monoisotopic (exact) mass is 590 g/mol. The number of rotatable bonds is 9. The van der Waals surface area contributed by atoms with Crippen LogP contribution in [0.5, 0.6) is 5.75 Å². The van der Waals surface area contributed by atoms with Crippen molar-refractivity contribution in [1.29, 1.82) is 0 Å². The highest BCUT2D eigenvalue weighted by Gasteiger charge is 2.34. The number of likely N-dealkylation sites (tertiary alicyclic amines) is 1. The second-order valence-corrected chi connectivity index (χ2v) is 10.4. The van der Waals surface area contributed by atoms with Crippen molar-refractivity contribution in [2.75, 3.05) is 39.8 Å². The summed E-state index contributed by atoms with van der Waals surface area (Å²) >= 11 is 3.67. The standard InChI is InChI=1S/C25H38BrF3N2O.2ClH/c1-3-31(18-25(27,28)29)22-6-4-19(5-7-22)10-13-30-14-11-20(12-15-30)16-21-17-23(32-2)8-9-24(21)26;;/h8-9,17,19-20,22H,3-7,10-16,18H2,1-2H3;2*1H. The van der Waals surface area contributed by atoms with Crippen LogP contribution in [0.3, 0.4) is 0 Å². The van der Waals surface area contributed by atoms with Gasteiger partial charge in [0.1, 0.15) is 5.75 Å². The Morgan fingerprint density at radius 1 is 1.03 bits per heavy atom. The van der Waals surface area contributed by atoms with Crippen molar-refractivity contribution in [2.24, 2.45) is 11.8 Å². The van der Waals surface area contributed by atoms with E-state index in [0.717, 1.165) is 62.0 Å². The molecule has 3 nitrogen and oxygen atoms in total. The summed E-state index contributed by atoms with van der Waals surface area (Å²) in [7, 11) is 1.71. The van der Waals surface area contributed by atoms with Gasteiger partial charge in [-0.05, 0) is 113 Å². The quantitative estimate of drug-likeness (QED) is 0.298. The maximum atomic E-state index is 12.8. The van der Waals surface area contributed by atoms with Crippen molar-refractivity contribution in [3.63, 3.8) is 0 Å². The van der Waals surface area contributed by atoms with Crippen LogP contribution in [0.4, 0.5) is 13.2 Å². The summed E-state index contributed by atoms with van der Waals surface area (Å²) in [5.74, 6) is 2.29. The number of alkyl halides is 3. The number of piperidine rings is 1. The molecule has 0 bridgehead atoms. The molecule has 2 aliphatic rings. The average Bonchev–Trinajstić information content (AvgIpc) is 2.78. The maximum absolute atomic E-state index is 12.8. The van der Waals surface area contributed by atoms with Crippen LogP contribution >= 0.6 is 40.7 Å². The molecule has 34 heavy (non-hydrogen) atoms.